The Balaban J connectivity index is 2.25. The third-order valence-corrected chi connectivity index (χ3v) is 2.65. The predicted octanol–water partition coefficient (Wildman–Crippen LogP) is 0.502. The van der Waals surface area contributed by atoms with Crippen molar-refractivity contribution in [1.82, 2.24) is 10.6 Å². The van der Waals surface area contributed by atoms with Gasteiger partial charge in [-0.3, -0.25) is 0 Å². The first-order valence-corrected chi connectivity index (χ1v) is 5.05. The van der Waals surface area contributed by atoms with Crippen LogP contribution in [0.5, 0.6) is 5.75 Å². The minimum Gasteiger partial charge on any atom is -0.497 e. The van der Waals surface area contributed by atoms with Crippen LogP contribution in [0.3, 0.4) is 0 Å². The zero-order valence-electron chi connectivity index (χ0n) is 9.14. The van der Waals surface area contributed by atoms with E-state index in [0.717, 1.165) is 5.56 Å². The molecule has 2 atom stereocenters. The number of hydrogen-bond acceptors (Lipinski definition) is 3. The second-order valence-electron chi connectivity index (χ2n) is 3.68. The Morgan fingerprint density at radius 1 is 1.29 bits per heavy atom. The van der Waals surface area contributed by atoms with Crippen LogP contribution in [-0.4, -0.2) is 30.3 Å². The molecule has 1 heterocycles. The Hall–Kier alpha value is -2.24. The standard InChI is InChI=1S/C11H12N2O4/c1-17-7-4-2-6(3-5-7)8-9(10(14)15)13-11(16)12-8/h2-5,8-9H,1H3,(H,14,15)(H2,12,13,16). The van der Waals surface area contributed by atoms with Crippen molar-refractivity contribution in [2.75, 3.05) is 7.11 Å². The van der Waals surface area contributed by atoms with Crippen LogP contribution in [0.1, 0.15) is 11.6 Å². The van der Waals surface area contributed by atoms with E-state index in [0.29, 0.717) is 5.75 Å². The van der Waals surface area contributed by atoms with Crippen molar-refractivity contribution in [3.63, 3.8) is 0 Å². The Kier molecular flexibility index (Phi) is 2.86. The summed E-state index contributed by atoms with van der Waals surface area (Å²) in [6.07, 6.45) is 0. The van der Waals surface area contributed by atoms with Gasteiger partial charge >= 0.3 is 12.0 Å². The molecular formula is C11H12N2O4. The number of benzene rings is 1. The first kappa shape index (κ1) is 11.3. The van der Waals surface area contributed by atoms with Gasteiger partial charge in [-0.2, -0.15) is 0 Å². The van der Waals surface area contributed by atoms with E-state index < -0.39 is 24.1 Å². The van der Waals surface area contributed by atoms with Crippen molar-refractivity contribution in [2.45, 2.75) is 12.1 Å². The SMILES string of the molecule is COc1ccc(C2NC(=O)NC2C(=O)O)cc1. The van der Waals surface area contributed by atoms with E-state index in [1.54, 1.807) is 31.4 Å². The van der Waals surface area contributed by atoms with Gasteiger partial charge in [-0.15, -0.1) is 0 Å². The lowest BCUT2D eigenvalue weighted by atomic mass is 10.0. The molecule has 17 heavy (non-hydrogen) atoms. The summed E-state index contributed by atoms with van der Waals surface area (Å²) in [6.45, 7) is 0. The van der Waals surface area contributed by atoms with E-state index in [1.807, 2.05) is 0 Å². The summed E-state index contributed by atoms with van der Waals surface area (Å²) >= 11 is 0. The molecule has 0 saturated carbocycles. The van der Waals surface area contributed by atoms with Gasteiger partial charge in [0.1, 0.15) is 5.75 Å². The molecule has 2 unspecified atom stereocenters. The maximum atomic E-state index is 11.2. The number of nitrogens with one attached hydrogen (secondary N) is 2. The highest BCUT2D eigenvalue weighted by Gasteiger charge is 2.37. The number of hydrogen-bond donors (Lipinski definition) is 3. The summed E-state index contributed by atoms with van der Waals surface area (Å²) in [5.41, 5.74) is 0.719. The number of carboxylic acid groups (broad SMARTS) is 1. The monoisotopic (exact) mass is 236 g/mol. The lowest BCUT2D eigenvalue weighted by Gasteiger charge is -2.15. The number of aliphatic carboxylic acids is 1. The fourth-order valence-corrected chi connectivity index (χ4v) is 1.78. The molecule has 2 rings (SSSR count). The first-order valence-electron chi connectivity index (χ1n) is 5.05. The van der Waals surface area contributed by atoms with E-state index in [-0.39, 0.29) is 0 Å². The van der Waals surface area contributed by atoms with Crippen LogP contribution in [0.25, 0.3) is 0 Å². The summed E-state index contributed by atoms with van der Waals surface area (Å²) in [5, 5.41) is 13.9. The van der Waals surface area contributed by atoms with Crippen molar-refractivity contribution >= 4 is 12.0 Å². The number of ether oxygens (including phenoxy) is 1. The van der Waals surface area contributed by atoms with E-state index >= 15 is 0 Å². The fourth-order valence-electron chi connectivity index (χ4n) is 1.78. The maximum absolute atomic E-state index is 11.2. The van der Waals surface area contributed by atoms with Crippen molar-refractivity contribution in [2.24, 2.45) is 0 Å². The second-order valence-corrected chi connectivity index (χ2v) is 3.68. The van der Waals surface area contributed by atoms with Crippen LogP contribution in [-0.2, 0) is 4.79 Å². The molecule has 0 radical (unpaired) electrons. The van der Waals surface area contributed by atoms with Gasteiger partial charge in [-0.05, 0) is 17.7 Å². The Morgan fingerprint density at radius 3 is 2.47 bits per heavy atom. The van der Waals surface area contributed by atoms with Crippen LogP contribution >= 0.6 is 0 Å². The van der Waals surface area contributed by atoms with Crippen LogP contribution in [0.15, 0.2) is 24.3 Å². The largest absolute Gasteiger partial charge is 0.497 e. The molecule has 1 aliphatic rings. The lowest BCUT2D eigenvalue weighted by Crippen LogP contribution is -2.35. The number of urea groups is 1. The number of amides is 2. The molecule has 1 saturated heterocycles. The van der Waals surface area contributed by atoms with Gasteiger partial charge in [0.25, 0.3) is 0 Å². The molecule has 3 N–H and O–H groups in total. The summed E-state index contributed by atoms with van der Waals surface area (Å²) in [4.78, 5) is 22.1. The van der Waals surface area contributed by atoms with Gasteiger partial charge in [0.15, 0.2) is 6.04 Å². The molecule has 1 aromatic rings. The van der Waals surface area contributed by atoms with Crippen molar-refractivity contribution in [3.8, 4) is 5.75 Å². The topological polar surface area (TPSA) is 87.7 Å². The average Bonchev–Trinajstić information content (AvgIpc) is 2.72. The molecule has 0 aliphatic carbocycles. The third kappa shape index (κ3) is 2.15. The van der Waals surface area contributed by atoms with Gasteiger partial charge in [0.05, 0.1) is 13.2 Å². The number of carboxylic acids is 1. The molecule has 6 heteroatoms. The normalized spacial score (nSPS) is 22.8. The first-order chi connectivity index (χ1) is 8.11. The number of carbonyl (C=O) groups is 2. The fraction of sp³-hybridized carbons (Fsp3) is 0.273. The van der Waals surface area contributed by atoms with Crippen molar-refractivity contribution in [3.05, 3.63) is 29.8 Å². The van der Waals surface area contributed by atoms with Gasteiger partial charge in [-0.1, -0.05) is 12.1 Å². The zero-order chi connectivity index (χ0) is 12.4. The molecule has 6 nitrogen and oxygen atoms in total. The Morgan fingerprint density at radius 2 is 1.94 bits per heavy atom. The number of methoxy groups -OCH3 is 1. The molecule has 0 spiro atoms. The molecule has 1 aromatic carbocycles. The second kappa shape index (κ2) is 4.32. The highest BCUT2D eigenvalue weighted by atomic mass is 16.5. The molecule has 0 bridgehead atoms. The number of rotatable bonds is 3. The predicted molar refractivity (Wildman–Crippen MR) is 58.8 cm³/mol. The van der Waals surface area contributed by atoms with Crippen LogP contribution in [0.2, 0.25) is 0 Å². The molecule has 2 amide bonds. The van der Waals surface area contributed by atoms with Crippen LogP contribution < -0.4 is 15.4 Å². The highest BCUT2D eigenvalue weighted by Crippen LogP contribution is 2.23. The minimum absolute atomic E-state index is 0.474. The Bertz CT molecular complexity index is 443. The average molecular weight is 236 g/mol. The summed E-state index contributed by atoms with van der Waals surface area (Å²) < 4.78 is 5.01. The van der Waals surface area contributed by atoms with Gasteiger partial charge < -0.3 is 20.5 Å². The number of carbonyl (C=O) groups excluding carboxylic acids is 1. The third-order valence-electron chi connectivity index (χ3n) is 2.65. The minimum atomic E-state index is -1.07. The van der Waals surface area contributed by atoms with E-state index in [9.17, 15) is 9.59 Å². The van der Waals surface area contributed by atoms with Gasteiger partial charge in [-0.25, -0.2) is 9.59 Å². The molecular weight excluding hydrogens is 224 g/mol. The van der Waals surface area contributed by atoms with Gasteiger partial charge in [0, 0.05) is 0 Å². The molecule has 1 aliphatic heterocycles. The molecule has 0 aromatic heterocycles. The highest BCUT2D eigenvalue weighted by molar-refractivity contribution is 5.87. The van der Waals surface area contributed by atoms with Gasteiger partial charge in [0.2, 0.25) is 0 Å². The molecule has 1 fully saturated rings. The smallest absolute Gasteiger partial charge is 0.328 e. The Labute approximate surface area is 97.6 Å². The van der Waals surface area contributed by atoms with E-state index in [1.165, 1.54) is 0 Å². The van der Waals surface area contributed by atoms with Crippen LogP contribution in [0.4, 0.5) is 4.79 Å². The summed E-state index contributed by atoms with van der Waals surface area (Å²) in [5.74, 6) is -0.387. The maximum Gasteiger partial charge on any atom is 0.328 e. The summed E-state index contributed by atoms with van der Waals surface area (Å²) in [7, 11) is 1.55. The van der Waals surface area contributed by atoms with E-state index in [2.05, 4.69) is 10.6 Å². The zero-order valence-corrected chi connectivity index (χ0v) is 9.14. The van der Waals surface area contributed by atoms with E-state index in [4.69, 9.17) is 9.84 Å². The van der Waals surface area contributed by atoms with Crippen molar-refractivity contribution < 1.29 is 19.4 Å². The summed E-state index contributed by atoms with van der Waals surface area (Å²) in [6, 6.07) is 4.91. The van der Waals surface area contributed by atoms with Crippen molar-refractivity contribution in [1.29, 1.82) is 0 Å². The lowest BCUT2D eigenvalue weighted by molar-refractivity contribution is -0.139. The molecule has 90 valence electrons. The quantitative estimate of drug-likeness (QED) is 0.713. The van der Waals surface area contributed by atoms with Crippen LogP contribution in [0, 0.1) is 0 Å².